The fourth-order valence-electron chi connectivity index (χ4n) is 3.34. The highest BCUT2D eigenvalue weighted by Gasteiger charge is 2.42. The minimum absolute atomic E-state index is 0.467. The number of nitrogens with one attached hydrogen (secondary N) is 1. The number of hydrogen-bond donors (Lipinski definition) is 2. The summed E-state index contributed by atoms with van der Waals surface area (Å²) in [7, 11) is 0. The van der Waals surface area contributed by atoms with Crippen LogP contribution in [0.2, 0.25) is 0 Å². The fraction of sp³-hybridized carbons (Fsp3) is 0.643. The molecular formula is C14H20N2O. The van der Waals surface area contributed by atoms with Gasteiger partial charge < -0.3 is 10.4 Å². The van der Waals surface area contributed by atoms with Crippen molar-refractivity contribution in [2.75, 3.05) is 0 Å². The highest BCUT2D eigenvalue weighted by atomic mass is 16.3. The van der Waals surface area contributed by atoms with Gasteiger partial charge in [0.05, 0.1) is 5.69 Å². The summed E-state index contributed by atoms with van der Waals surface area (Å²) < 4.78 is 0. The molecule has 17 heavy (non-hydrogen) atoms. The summed E-state index contributed by atoms with van der Waals surface area (Å²) in [6.07, 6.45) is 5.27. The lowest BCUT2D eigenvalue weighted by Gasteiger charge is -2.45. The molecule has 0 radical (unpaired) electrons. The maximum atomic E-state index is 10.9. The number of aromatic nitrogens is 1. The van der Waals surface area contributed by atoms with E-state index in [1.54, 1.807) is 0 Å². The SMILES string of the molecule is Cc1cccc(C2(O)CC3CCCC(C2)N3)n1. The highest BCUT2D eigenvalue weighted by molar-refractivity contribution is 5.19. The molecule has 3 nitrogen and oxygen atoms in total. The first-order valence-electron chi connectivity index (χ1n) is 6.58. The average molecular weight is 232 g/mol. The summed E-state index contributed by atoms with van der Waals surface area (Å²) in [4.78, 5) is 4.52. The van der Waals surface area contributed by atoms with E-state index in [0.29, 0.717) is 12.1 Å². The molecular weight excluding hydrogens is 212 g/mol. The van der Waals surface area contributed by atoms with E-state index in [1.807, 2.05) is 25.1 Å². The van der Waals surface area contributed by atoms with Gasteiger partial charge in [0.2, 0.25) is 0 Å². The van der Waals surface area contributed by atoms with Gasteiger partial charge in [0.1, 0.15) is 5.60 Å². The maximum absolute atomic E-state index is 10.9. The Morgan fingerprint density at radius 3 is 2.65 bits per heavy atom. The number of aryl methyl sites for hydroxylation is 1. The Hall–Kier alpha value is -0.930. The number of nitrogens with zero attached hydrogens (tertiary/aromatic N) is 1. The van der Waals surface area contributed by atoms with Crippen molar-refractivity contribution in [3.63, 3.8) is 0 Å². The van der Waals surface area contributed by atoms with E-state index in [-0.39, 0.29) is 0 Å². The van der Waals surface area contributed by atoms with Crippen LogP contribution >= 0.6 is 0 Å². The van der Waals surface area contributed by atoms with Crippen LogP contribution in [0.3, 0.4) is 0 Å². The molecule has 1 aromatic rings. The first-order valence-corrected chi connectivity index (χ1v) is 6.58. The van der Waals surface area contributed by atoms with Crippen molar-refractivity contribution in [1.29, 1.82) is 0 Å². The first-order chi connectivity index (χ1) is 8.16. The number of piperidine rings is 2. The number of hydrogen-bond acceptors (Lipinski definition) is 3. The van der Waals surface area contributed by atoms with Crippen molar-refractivity contribution >= 4 is 0 Å². The Labute approximate surface area is 102 Å². The first kappa shape index (κ1) is 11.2. The standard InChI is InChI=1S/C14H20N2O/c1-10-4-2-7-13(15-10)14(17)8-11-5-3-6-12(9-14)16-11/h2,4,7,11-12,16-17H,3,5-6,8-9H2,1H3. The molecule has 2 saturated heterocycles. The van der Waals surface area contributed by atoms with Gasteiger partial charge in [0.15, 0.2) is 0 Å². The molecule has 0 aromatic carbocycles. The van der Waals surface area contributed by atoms with Gasteiger partial charge in [0.25, 0.3) is 0 Å². The second kappa shape index (κ2) is 4.07. The van der Waals surface area contributed by atoms with Crippen LogP contribution < -0.4 is 5.32 Å². The molecule has 2 bridgehead atoms. The number of pyridine rings is 1. The topological polar surface area (TPSA) is 45.1 Å². The lowest BCUT2D eigenvalue weighted by Crippen LogP contribution is -2.54. The summed E-state index contributed by atoms with van der Waals surface area (Å²) in [6, 6.07) is 6.88. The smallest absolute Gasteiger partial charge is 0.109 e. The molecule has 2 fully saturated rings. The van der Waals surface area contributed by atoms with E-state index in [4.69, 9.17) is 0 Å². The normalized spacial score (nSPS) is 36.8. The second-order valence-corrected chi connectivity index (χ2v) is 5.60. The minimum atomic E-state index is -0.715. The quantitative estimate of drug-likeness (QED) is 0.777. The van der Waals surface area contributed by atoms with Gasteiger partial charge in [-0.05, 0) is 44.7 Å². The van der Waals surface area contributed by atoms with Gasteiger partial charge in [-0.15, -0.1) is 0 Å². The van der Waals surface area contributed by atoms with Crippen molar-refractivity contribution in [1.82, 2.24) is 10.3 Å². The molecule has 2 aliphatic rings. The molecule has 92 valence electrons. The van der Waals surface area contributed by atoms with E-state index in [9.17, 15) is 5.11 Å². The Bertz CT molecular complexity index is 406. The molecule has 3 heterocycles. The van der Waals surface area contributed by atoms with Crippen LogP contribution in [-0.2, 0) is 5.60 Å². The van der Waals surface area contributed by atoms with Gasteiger partial charge >= 0.3 is 0 Å². The van der Waals surface area contributed by atoms with E-state index in [1.165, 1.54) is 19.3 Å². The van der Waals surface area contributed by atoms with Gasteiger partial charge in [-0.2, -0.15) is 0 Å². The van der Waals surface area contributed by atoms with Gasteiger partial charge in [0, 0.05) is 17.8 Å². The summed E-state index contributed by atoms with van der Waals surface area (Å²) in [5.41, 5.74) is 1.13. The molecule has 0 amide bonds. The fourth-order valence-corrected chi connectivity index (χ4v) is 3.34. The van der Waals surface area contributed by atoms with Crippen LogP contribution in [-0.4, -0.2) is 22.2 Å². The molecule has 0 spiro atoms. The molecule has 3 rings (SSSR count). The van der Waals surface area contributed by atoms with Crippen molar-refractivity contribution in [2.45, 2.75) is 56.7 Å². The summed E-state index contributed by atoms with van der Waals surface area (Å²) in [5.74, 6) is 0. The third-order valence-electron chi connectivity index (χ3n) is 4.11. The molecule has 2 N–H and O–H groups in total. The summed E-state index contributed by atoms with van der Waals surface area (Å²) in [6.45, 7) is 1.98. The van der Waals surface area contributed by atoms with Crippen LogP contribution in [0.15, 0.2) is 18.2 Å². The number of fused-ring (bicyclic) bond motifs is 2. The van der Waals surface area contributed by atoms with Crippen molar-refractivity contribution < 1.29 is 5.11 Å². The van der Waals surface area contributed by atoms with E-state index >= 15 is 0 Å². The highest BCUT2D eigenvalue weighted by Crippen LogP contribution is 2.38. The molecule has 2 unspecified atom stereocenters. The van der Waals surface area contributed by atoms with Crippen LogP contribution in [0.4, 0.5) is 0 Å². The second-order valence-electron chi connectivity index (χ2n) is 5.60. The molecule has 0 saturated carbocycles. The van der Waals surface area contributed by atoms with E-state index < -0.39 is 5.60 Å². The van der Waals surface area contributed by atoms with Gasteiger partial charge in [-0.25, -0.2) is 0 Å². The minimum Gasteiger partial charge on any atom is -0.383 e. The maximum Gasteiger partial charge on any atom is 0.109 e. The zero-order valence-electron chi connectivity index (χ0n) is 10.3. The third kappa shape index (κ3) is 2.09. The van der Waals surface area contributed by atoms with E-state index in [2.05, 4.69) is 10.3 Å². The summed E-state index contributed by atoms with van der Waals surface area (Å²) in [5, 5.41) is 14.5. The number of aliphatic hydroxyl groups is 1. The third-order valence-corrected chi connectivity index (χ3v) is 4.11. The largest absolute Gasteiger partial charge is 0.383 e. The Kier molecular flexibility index (Phi) is 2.68. The van der Waals surface area contributed by atoms with Crippen LogP contribution in [0.1, 0.15) is 43.5 Å². The monoisotopic (exact) mass is 232 g/mol. The zero-order chi connectivity index (χ0) is 11.9. The molecule has 0 aliphatic carbocycles. The van der Waals surface area contributed by atoms with Crippen molar-refractivity contribution in [2.24, 2.45) is 0 Å². The van der Waals surface area contributed by atoms with Crippen molar-refractivity contribution in [3.8, 4) is 0 Å². The Morgan fingerprint density at radius 2 is 2.00 bits per heavy atom. The Balaban J connectivity index is 1.90. The van der Waals surface area contributed by atoms with Crippen molar-refractivity contribution in [3.05, 3.63) is 29.6 Å². The molecule has 2 atom stereocenters. The predicted octanol–water partition coefficient (Wildman–Crippen LogP) is 1.88. The van der Waals surface area contributed by atoms with E-state index in [0.717, 1.165) is 24.2 Å². The van der Waals surface area contributed by atoms with Crippen LogP contribution in [0, 0.1) is 6.92 Å². The summed E-state index contributed by atoms with van der Waals surface area (Å²) >= 11 is 0. The zero-order valence-corrected chi connectivity index (χ0v) is 10.3. The molecule has 3 heteroatoms. The average Bonchev–Trinajstić information content (AvgIpc) is 2.28. The lowest BCUT2D eigenvalue weighted by molar-refractivity contribution is -0.0393. The predicted molar refractivity (Wildman–Crippen MR) is 66.7 cm³/mol. The molecule has 1 aromatic heterocycles. The number of rotatable bonds is 1. The lowest BCUT2D eigenvalue weighted by atomic mass is 9.75. The Morgan fingerprint density at radius 1 is 1.29 bits per heavy atom. The van der Waals surface area contributed by atoms with Crippen LogP contribution in [0.5, 0.6) is 0 Å². The van der Waals surface area contributed by atoms with Gasteiger partial charge in [-0.3, -0.25) is 4.98 Å². The van der Waals surface area contributed by atoms with Crippen LogP contribution in [0.25, 0.3) is 0 Å². The van der Waals surface area contributed by atoms with Gasteiger partial charge in [-0.1, -0.05) is 12.5 Å². The molecule has 2 aliphatic heterocycles.